The van der Waals surface area contributed by atoms with Gasteiger partial charge in [-0.05, 0) is 41.8 Å². The second kappa shape index (κ2) is 7.69. The highest BCUT2D eigenvalue weighted by atomic mass is 32.1. The van der Waals surface area contributed by atoms with E-state index in [-0.39, 0.29) is 17.0 Å². The largest absolute Gasteiger partial charge is 0.478 e. The maximum Gasteiger partial charge on any atom is 0.336 e. The fraction of sp³-hybridized carbons (Fsp3) is 0. The molecular formula is C21H13FN2O4S. The third-order valence-electron chi connectivity index (χ3n) is 4.25. The number of nitrogens with zero attached hydrogens (tertiary/aromatic N) is 1. The van der Waals surface area contributed by atoms with Crippen molar-refractivity contribution in [3.8, 4) is 22.4 Å². The summed E-state index contributed by atoms with van der Waals surface area (Å²) >= 11 is 1.45. The molecule has 2 N–H and O–H groups in total. The minimum absolute atomic E-state index is 0.00854. The summed E-state index contributed by atoms with van der Waals surface area (Å²) in [5, 5.41) is 20.0. The number of hydrogen-bond acceptors (Lipinski definition) is 5. The number of hydrogen-bond donors (Lipinski definition) is 2. The smallest absolute Gasteiger partial charge is 0.336 e. The first-order valence-corrected chi connectivity index (χ1v) is 9.40. The van der Waals surface area contributed by atoms with E-state index < -0.39 is 17.7 Å². The van der Waals surface area contributed by atoms with Gasteiger partial charge < -0.3 is 9.63 Å². The SMILES string of the molecule is O=C(Nc1onc(-c2ccsc2)c1-c1ccccc1C(=O)O)c1ccc(F)cc1. The van der Waals surface area contributed by atoms with Crippen molar-refractivity contribution in [1.82, 2.24) is 5.16 Å². The molecule has 0 saturated heterocycles. The summed E-state index contributed by atoms with van der Waals surface area (Å²) in [5.74, 6) is -2.10. The normalized spacial score (nSPS) is 10.7. The third-order valence-corrected chi connectivity index (χ3v) is 4.93. The van der Waals surface area contributed by atoms with Crippen LogP contribution in [0.5, 0.6) is 0 Å². The highest BCUT2D eigenvalue weighted by molar-refractivity contribution is 7.08. The lowest BCUT2D eigenvalue weighted by Crippen LogP contribution is -2.12. The van der Waals surface area contributed by atoms with Gasteiger partial charge in [-0.1, -0.05) is 23.4 Å². The fourth-order valence-electron chi connectivity index (χ4n) is 2.89. The number of anilines is 1. The van der Waals surface area contributed by atoms with Crippen molar-refractivity contribution >= 4 is 29.1 Å². The Morgan fingerprint density at radius 2 is 1.83 bits per heavy atom. The van der Waals surface area contributed by atoms with Crippen molar-refractivity contribution < 1.29 is 23.6 Å². The standard InChI is InChI=1S/C21H13FN2O4S/c22-14-7-5-12(6-8-14)19(25)23-20-17(15-3-1-2-4-16(15)21(26)27)18(24-28-20)13-9-10-29-11-13/h1-11H,(H,23,25)(H,26,27). The molecule has 2 aromatic carbocycles. The average molecular weight is 408 g/mol. The molecule has 29 heavy (non-hydrogen) atoms. The Morgan fingerprint density at radius 1 is 1.07 bits per heavy atom. The van der Waals surface area contributed by atoms with Crippen molar-refractivity contribution in [2.24, 2.45) is 0 Å². The van der Waals surface area contributed by atoms with Gasteiger partial charge in [-0.15, -0.1) is 0 Å². The first kappa shape index (κ1) is 18.6. The zero-order chi connectivity index (χ0) is 20.4. The molecule has 0 radical (unpaired) electrons. The van der Waals surface area contributed by atoms with E-state index in [4.69, 9.17) is 4.52 Å². The summed E-state index contributed by atoms with van der Waals surface area (Å²) in [6.07, 6.45) is 0. The van der Waals surface area contributed by atoms with Crippen LogP contribution in [-0.4, -0.2) is 22.1 Å². The van der Waals surface area contributed by atoms with Crippen molar-refractivity contribution in [2.75, 3.05) is 5.32 Å². The number of aromatic carboxylic acids is 1. The minimum Gasteiger partial charge on any atom is -0.478 e. The van der Waals surface area contributed by atoms with Crippen molar-refractivity contribution in [3.63, 3.8) is 0 Å². The van der Waals surface area contributed by atoms with Crippen LogP contribution in [0.2, 0.25) is 0 Å². The van der Waals surface area contributed by atoms with Crippen LogP contribution < -0.4 is 5.32 Å². The van der Waals surface area contributed by atoms with Crippen molar-refractivity contribution in [2.45, 2.75) is 0 Å². The predicted octanol–water partition coefficient (Wildman–Crippen LogP) is 5.16. The Balaban J connectivity index is 1.82. The van der Waals surface area contributed by atoms with Crippen LogP contribution in [0.3, 0.4) is 0 Å². The number of aromatic nitrogens is 1. The van der Waals surface area contributed by atoms with Crippen LogP contribution in [0.4, 0.5) is 10.3 Å². The molecule has 2 aromatic heterocycles. The first-order valence-electron chi connectivity index (χ1n) is 8.46. The van der Waals surface area contributed by atoms with E-state index in [9.17, 15) is 19.1 Å². The summed E-state index contributed by atoms with van der Waals surface area (Å²) in [6, 6.07) is 13.2. The van der Waals surface area contributed by atoms with Gasteiger partial charge in [0.05, 0.1) is 11.1 Å². The summed E-state index contributed by atoms with van der Waals surface area (Å²) < 4.78 is 18.5. The number of halogens is 1. The van der Waals surface area contributed by atoms with Gasteiger partial charge in [0.1, 0.15) is 11.5 Å². The van der Waals surface area contributed by atoms with Gasteiger partial charge in [0.15, 0.2) is 0 Å². The van der Waals surface area contributed by atoms with E-state index in [1.54, 1.807) is 18.2 Å². The molecule has 4 aromatic rings. The Labute approximate surface area is 168 Å². The van der Waals surface area contributed by atoms with E-state index in [1.165, 1.54) is 41.7 Å². The number of carbonyl (C=O) groups excluding carboxylic acids is 1. The molecule has 0 atom stereocenters. The number of carboxylic acids is 1. The number of carboxylic acid groups (broad SMARTS) is 1. The average Bonchev–Trinajstić information content (AvgIpc) is 3.38. The van der Waals surface area contributed by atoms with Crippen LogP contribution in [0.25, 0.3) is 22.4 Å². The number of rotatable bonds is 5. The van der Waals surface area contributed by atoms with Gasteiger partial charge in [-0.3, -0.25) is 10.1 Å². The summed E-state index contributed by atoms with van der Waals surface area (Å²) in [7, 11) is 0. The molecular weight excluding hydrogens is 395 g/mol. The highest BCUT2D eigenvalue weighted by Gasteiger charge is 2.25. The van der Waals surface area contributed by atoms with Gasteiger partial charge in [0, 0.05) is 22.1 Å². The zero-order valence-electron chi connectivity index (χ0n) is 14.8. The highest BCUT2D eigenvalue weighted by Crippen LogP contribution is 2.40. The van der Waals surface area contributed by atoms with Gasteiger partial charge >= 0.3 is 5.97 Å². The molecule has 0 unspecified atom stereocenters. The van der Waals surface area contributed by atoms with E-state index in [0.717, 1.165) is 5.56 Å². The molecule has 0 saturated carbocycles. The zero-order valence-corrected chi connectivity index (χ0v) is 15.6. The third kappa shape index (κ3) is 3.65. The number of thiophene rings is 1. The maximum atomic E-state index is 13.1. The lowest BCUT2D eigenvalue weighted by molar-refractivity contribution is 0.0697. The first-order chi connectivity index (χ1) is 14.0. The van der Waals surface area contributed by atoms with E-state index in [1.807, 2.05) is 16.8 Å². The Hall–Kier alpha value is -3.78. The van der Waals surface area contributed by atoms with Crippen molar-refractivity contribution in [3.05, 3.63) is 82.3 Å². The van der Waals surface area contributed by atoms with Gasteiger partial charge in [-0.2, -0.15) is 11.3 Å². The van der Waals surface area contributed by atoms with E-state index in [2.05, 4.69) is 10.5 Å². The number of carbonyl (C=O) groups is 2. The molecule has 8 heteroatoms. The van der Waals surface area contributed by atoms with Crippen LogP contribution in [-0.2, 0) is 0 Å². The number of nitrogens with one attached hydrogen (secondary N) is 1. The molecule has 0 spiro atoms. The molecule has 0 aliphatic carbocycles. The second-order valence-electron chi connectivity index (χ2n) is 6.06. The van der Waals surface area contributed by atoms with Gasteiger partial charge in [0.2, 0.25) is 5.88 Å². The molecule has 2 heterocycles. The minimum atomic E-state index is -1.12. The maximum absolute atomic E-state index is 13.1. The van der Waals surface area contributed by atoms with Crippen LogP contribution in [0.1, 0.15) is 20.7 Å². The molecule has 4 rings (SSSR count). The fourth-order valence-corrected chi connectivity index (χ4v) is 3.53. The topological polar surface area (TPSA) is 92.4 Å². The van der Waals surface area contributed by atoms with E-state index >= 15 is 0 Å². The lowest BCUT2D eigenvalue weighted by Gasteiger charge is -2.08. The molecule has 0 bridgehead atoms. The predicted molar refractivity (Wildman–Crippen MR) is 107 cm³/mol. The van der Waals surface area contributed by atoms with Crippen LogP contribution in [0, 0.1) is 5.82 Å². The Morgan fingerprint density at radius 3 is 2.52 bits per heavy atom. The van der Waals surface area contributed by atoms with E-state index in [0.29, 0.717) is 16.8 Å². The Kier molecular flexibility index (Phi) is 4.92. The summed E-state index contributed by atoms with van der Waals surface area (Å²) in [5.41, 5.74) is 2.13. The quantitative estimate of drug-likeness (QED) is 0.476. The van der Waals surface area contributed by atoms with Crippen LogP contribution in [0.15, 0.2) is 69.9 Å². The molecule has 1 amide bonds. The molecule has 0 aliphatic heterocycles. The molecule has 144 valence electrons. The number of amides is 1. The Bertz CT molecular complexity index is 1180. The monoisotopic (exact) mass is 408 g/mol. The second-order valence-corrected chi connectivity index (χ2v) is 6.84. The summed E-state index contributed by atoms with van der Waals surface area (Å²) in [6.45, 7) is 0. The molecule has 0 fully saturated rings. The van der Waals surface area contributed by atoms with Gasteiger partial charge in [-0.25, -0.2) is 9.18 Å². The van der Waals surface area contributed by atoms with Crippen LogP contribution >= 0.6 is 11.3 Å². The summed E-state index contributed by atoms with van der Waals surface area (Å²) in [4.78, 5) is 24.3. The lowest BCUT2D eigenvalue weighted by atomic mass is 9.97. The molecule has 0 aliphatic rings. The van der Waals surface area contributed by atoms with Gasteiger partial charge in [0.25, 0.3) is 5.91 Å². The number of benzene rings is 2. The molecule has 6 nitrogen and oxygen atoms in total. The van der Waals surface area contributed by atoms with Crippen molar-refractivity contribution in [1.29, 1.82) is 0 Å².